The summed E-state index contributed by atoms with van der Waals surface area (Å²) in [6.45, 7) is -5.73. The van der Waals surface area contributed by atoms with E-state index in [0.29, 0.717) is 12.1 Å². The van der Waals surface area contributed by atoms with Crippen LogP contribution in [0, 0.1) is 0 Å². The first-order valence-corrected chi connectivity index (χ1v) is 39.2. The van der Waals surface area contributed by atoms with E-state index in [1.165, 1.54) is 103 Å². The van der Waals surface area contributed by atoms with Crippen molar-refractivity contribution in [2.24, 2.45) is 0 Å². The zero-order valence-electron chi connectivity index (χ0n) is 65.4. The molecule has 5 saturated heterocycles. The lowest BCUT2D eigenvalue weighted by Crippen LogP contribution is -2.65. The molecule has 127 heavy (non-hydrogen) atoms. The van der Waals surface area contributed by atoms with Gasteiger partial charge in [0.2, 0.25) is 30.4 Å². The van der Waals surface area contributed by atoms with Gasteiger partial charge in [0.15, 0.2) is 30.5 Å². The van der Waals surface area contributed by atoms with Gasteiger partial charge in [0.05, 0.1) is 73.5 Å². The number of aliphatic hydroxyl groups is 23. The monoisotopic (exact) mass is 1800 g/mol. The smallest absolute Gasteiger partial charge is 0.416 e. The highest BCUT2D eigenvalue weighted by Gasteiger charge is 2.55. The zero-order chi connectivity index (χ0) is 91.0. The van der Waals surface area contributed by atoms with E-state index >= 15 is 26.3 Å². The Labute approximate surface area is 710 Å². The van der Waals surface area contributed by atoms with Crippen LogP contribution in [0.3, 0.4) is 0 Å². The first-order chi connectivity index (χ1) is 60.4. The van der Waals surface area contributed by atoms with Crippen molar-refractivity contribution in [1.82, 2.24) is 19.9 Å². The van der Waals surface area contributed by atoms with Crippen LogP contribution in [0.5, 0.6) is 17.2 Å². The van der Waals surface area contributed by atoms with Crippen molar-refractivity contribution in [3.05, 3.63) is 172 Å². The molecule has 15 rings (SSSR count). The number of nitrogens with one attached hydrogen (secondary N) is 2. The molecule has 8 aliphatic heterocycles. The summed E-state index contributed by atoms with van der Waals surface area (Å²) in [5, 5.41) is 252. The van der Waals surface area contributed by atoms with Crippen LogP contribution >= 0.6 is 0 Å². The Bertz CT molecular complexity index is 5390. The van der Waals surface area contributed by atoms with E-state index in [9.17, 15) is 117 Å². The van der Waals surface area contributed by atoms with E-state index in [4.69, 9.17) is 66.8 Å². The molecule has 45 heteroatoms. The molecule has 0 amide bonds. The molecular weight excluding hydrogens is 1710 g/mol. The molecule has 686 valence electrons. The van der Waals surface area contributed by atoms with Gasteiger partial charge in [0.1, 0.15) is 145 Å². The molecule has 5 fully saturated rings. The topological polar surface area (TPSA) is 633 Å². The Morgan fingerprint density at radius 1 is 0.339 bits per heavy atom. The number of nitrogens with zero attached hydrogens (tertiary/aromatic N) is 2. The van der Waals surface area contributed by atoms with Gasteiger partial charge >= 0.3 is 18.3 Å². The first kappa shape index (κ1) is 91.9. The molecule has 39 nitrogen and oxygen atoms in total. The normalized spacial score (nSPS) is 33.1. The molecule has 28 atom stereocenters. The van der Waals surface area contributed by atoms with E-state index in [-0.39, 0.29) is 84.6 Å². The Kier molecular flexibility index (Phi) is 26.7. The van der Waals surface area contributed by atoms with Gasteiger partial charge in [-0.3, -0.25) is 4.98 Å². The van der Waals surface area contributed by atoms with Gasteiger partial charge in [-0.05, 0) is 113 Å². The average molecular weight is 1800 g/mol. The summed E-state index contributed by atoms with van der Waals surface area (Å²) in [5.41, 5.74) is -7.07. The number of benzene rings is 4. The third-order valence-corrected chi connectivity index (χ3v) is 22.6. The molecule has 11 heterocycles. The maximum Gasteiger partial charge on any atom is 0.416 e. The van der Waals surface area contributed by atoms with Gasteiger partial charge in [-0.1, -0.05) is 36.4 Å². The number of aliphatic hydroxyl groups excluding tert-OH is 23. The summed E-state index contributed by atoms with van der Waals surface area (Å²) >= 11 is 0. The molecule has 25 N–H and O–H groups in total. The summed E-state index contributed by atoms with van der Waals surface area (Å²) in [6, 6.07) is 22.4. The van der Waals surface area contributed by atoms with Crippen molar-refractivity contribution in [2.45, 2.75) is 184 Å². The van der Waals surface area contributed by atoms with Gasteiger partial charge < -0.3 is 184 Å². The van der Waals surface area contributed by atoms with Crippen molar-refractivity contribution in [3.8, 4) is 61.8 Å². The molecule has 4 aromatic carbocycles. The minimum Gasteiger partial charge on any atom is -0.505 e. The Morgan fingerprint density at radius 2 is 0.685 bits per heavy atom. The lowest BCUT2D eigenvalue weighted by Gasteiger charge is -2.45. The SMILES string of the molecule is OCC1OC(O[C@@H]2C(CO)O[C@@H](Oc3cccc(-c4c5nc(c(-c6cc(C(F)(F)F)cc(C(F)(F)F)c6)c6ccc([nH]6)c(-c6cccc(O[C@@H]7OC(CO)[C@@H](O[C@@H]8OC(CO)[C@H](O)C(O)C8O)C(O)C7O)c6)c6nc(c(-c7cccc(O[C@@H]8OC(CO)[C@@H](O[C@@H]9OC(CO)[C@H](O)C(O)C9O)C(O)C8O)c7)c7ccc4[nH]7)C=C6)C(O)C5O)c3)C(O)C2O)=C(O)C(O)=C1O. The second-order valence-corrected chi connectivity index (χ2v) is 30.7. The number of aromatic nitrogens is 4. The van der Waals surface area contributed by atoms with E-state index in [0.717, 1.165) is 0 Å². The maximum atomic E-state index is 15.2. The minimum atomic E-state index is -5.50. The van der Waals surface area contributed by atoms with Crippen LogP contribution in [0.15, 0.2) is 138 Å². The summed E-state index contributed by atoms with van der Waals surface area (Å²) in [5.74, 6) is -5.08. The molecule has 3 aromatic heterocycles. The summed E-state index contributed by atoms with van der Waals surface area (Å²) in [6.07, 6.45) is -61.7. The van der Waals surface area contributed by atoms with Gasteiger partial charge in [0.25, 0.3) is 0 Å². The Hall–Kier alpha value is -9.88. The lowest BCUT2D eigenvalue weighted by atomic mass is 9.95. The van der Waals surface area contributed by atoms with E-state index in [2.05, 4.69) is 9.97 Å². The molecule has 8 aliphatic rings. The number of alkyl halides is 6. The molecule has 0 radical (unpaired) electrons. The van der Waals surface area contributed by atoms with Gasteiger partial charge in [-0.2, -0.15) is 26.3 Å². The van der Waals surface area contributed by atoms with E-state index in [1.807, 2.05) is 0 Å². The van der Waals surface area contributed by atoms with Crippen molar-refractivity contribution in [3.63, 3.8) is 0 Å². The standard InChI is InChI=1S/C82H86F6N4O35/c83-81(84,85)32-16-31(17-33(21-32)82(86,87)88)52-42-15-13-40(91-42)50(29-5-2-8-35(19-29)117-76-70(114)64(108)73(47(26-97)123-76)126-79-67(111)61(105)56(100)44(23-94)120-79)38-11-10-37(89-38)49(28-4-1-7-34(18-28)116-75-69(113)63(107)72(46(25-96)122-75)125-78-66(110)60(104)55(99)43(22-93)119-78)39-12-14-41(90-39)51(53-58(102)59(103)54(52)92-53)30-6-3-9-36(20-30)118-77-71(115)65(109)74(48(27-98)124-77)127-80-68(112)62(106)57(101)45(24-95)121-80/h1-21,43-48,55-56,58-61,63-67,69-79,90-91,93-115H,22-27H2/t43?,44?,45?,46?,47?,48?,55-,56-,58?,59?,60?,61?,63?,64?,65?,66?,67?,69?,70?,71?,72+,73+,74+,75+,76+,77+,78-,79-/m0/s1. The predicted octanol–water partition coefficient (Wildman–Crippen LogP) is -0.388. The fourth-order valence-corrected chi connectivity index (χ4v) is 16.0. The Balaban J connectivity index is 0.892. The Morgan fingerprint density at radius 3 is 1.06 bits per heavy atom. The lowest BCUT2D eigenvalue weighted by molar-refractivity contribution is -0.352. The fourth-order valence-electron chi connectivity index (χ4n) is 16.0. The fraction of sp³-hybridized carbons (Fsp3) is 0.439. The minimum absolute atomic E-state index is 0.00267. The second kappa shape index (κ2) is 36.9. The third kappa shape index (κ3) is 17.8. The van der Waals surface area contributed by atoms with Crippen molar-refractivity contribution >= 4 is 34.2 Å². The average Bonchev–Trinajstić information content (AvgIpc) is 1.61. The predicted molar refractivity (Wildman–Crippen MR) is 413 cm³/mol. The number of ether oxygens (including phenoxy) is 12. The highest BCUT2D eigenvalue weighted by molar-refractivity contribution is 5.98. The second-order valence-electron chi connectivity index (χ2n) is 30.7. The van der Waals surface area contributed by atoms with Crippen molar-refractivity contribution in [1.29, 1.82) is 0 Å². The van der Waals surface area contributed by atoms with Crippen LogP contribution < -0.4 is 14.2 Å². The van der Waals surface area contributed by atoms with Crippen molar-refractivity contribution in [2.75, 3.05) is 39.6 Å². The molecule has 0 aliphatic carbocycles. The van der Waals surface area contributed by atoms with Crippen LogP contribution in [0.4, 0.5) is 26.3 Å². The molecular formula is C82H86F6N4O35. The number of rotatable bonds is 22. The first-order valence-electron chi connectivity index (χ1n) is 39.2. The van der Waals surface area contributed by atoms with E-state index in [1.54, 1.807) is 6.07 Å². The zero-order valence-corrected chi connectivity index (χ0v) is 65.4. The third-order valence-electron chi connectivity index (χ3n) is 22.6. The van der Waals surface area contributed by atoms with Crippen LogP contribution in [-0.2, 0) is 55.0 Å². The molecule has 8 bridgehead atoms. The van der Waals surface area contributed by atoms with Gasteiger partial charge in [-0.25, -0.2) is 4.98 Å². The number of halogens is 6. The summed E-state index contributed by atoms with van der Waals surface area (Å²) in [7, 11) is 0. The van der Waals surface area contributed by atoms with Crippen LogP contribution in [0.2, 0.25) is 0 Å². The number of hydrogen-bond acceptors (Lipinski definition) is 37. The highest BCUT2D eigenvalue weighted by Crippen LogP contribution is 2.49. The molecule has 0 spiro atoms. The number of hydrogen-bond donors (Lipinski definition) is 25. The molecule has 7 aromatic rings. The number of fused-ring (bicyclic) bond motifs is 8. The van der Waals surface area contributed by atoms with Crippen LogP contribution in [0.1, 0.15) is 46.1 Å². The van der Waals surface area contributed by atoms with Crippen LogP contribution in [0.25, 0.3) is 78.7 Å². The maximum absolute atomic E-state index is 15.2. The largest absolute Gasteiger partial charge is 0.505 e. The van der Waals surface area contributed by atoms with Gasteiger partial charge in [-0.15, -0.1) is 0 Å². The van der Waals surface area contributed by atoms with E-state index < -0.39 is 286 Å². The molecule has 0 saturated carbocycles. The van der Waals surface area contributed by atoms with Crippen LogP contribution in [-0.4, -0.2) is 337 Å². The van der Waals surface area contributed by atoms with Gasteiger partial charge in [0, 0.05) is 44.3 Å². The number of H-pyrrole nitrogens is 2. The summed E-state index contributed by atoms with van der Waals surface area (Å²) in [4.78, 5) is 16.3. The highest BCUT2D eigenvalue weighted by atomic mass is 19.4. The number of aromatic amines is 2. The van der Waals surface area contributed by atoms with Crippen molar-refractivity contribution < 1.29 is 201 Å². The molecule has 18 unspecified atom stereocenters. The quantitative estimate of drug-likeness (QED) is 0.0384. The summed E-state index contributed by atoms with van der Waals surface area (Å²) < 4.78 is 161.